The Bertz CT molecular complexity index is 1190. The van der Waals surface area contributed by atoms with E-state index in [4.69, 9.17) is 11.6 Å². The van der Waals surface area contributed by atoms with Gasteiger partial charge in [-0.15, -0.1) is 0 Å². The number of nitrogens with zero attached hydrogens (tertiary/aromatic N) is 1. The number of hydrazone groups is 1. The number of phenols is 2. The van der Waals surface area contributed by atoms with Crippen LogP contribution in [0.5, 0.6) is 11.5 Å². The number of hydrogen-bond donors (Lipinski definition) is 4. The lowest BCUT2D eigenvalue weighted by atomic mass is 10.1. The fourth-order valence-electron chi connectivity index (χ4n) is 2.75. The Kier molecular flexibility index (Phi) is 7.25. The van der Waals surface area contributed by atoms with Crippen molar-refractivity contribution in [3.8, 4) is 11.5 Å². The van der Waals surface area contributed by atoms with Gasteiger partial charge in [-0.3, -0.25) is 9.59 Å². The number of halogens is 1. The second kappa shape index (κ2) is 10.3. The summed E-state index contributed by atoms with van der Waals surface area (Å²) in [5.41, 5.74) is 4.01. The zero-order valence-electron chi connectivity index (χ0n) is 17.0. The van der Waals surface area contributed by atoms with Gasteiger partial charge in [0.15, 0.2) is 0 Å². The predicted molar refractivity (Wildman–Crippen MR) is 123 cm³/mol. The normalized spacial score (nSPS) is 11.7. The molecule has 0 aliphatic carbocycles. The average molecular weight is 450 g/mol. The Morgan fingerprint density at radius 3 is 2.31 bits per heavy atom. The number of carbonyl (C=O) groups is 2. The summed E-state index contributed by atoms with van der Waals surface area (Å²) in [7, 11) is 0. The van der Waals surface area contributed by atoms with Gasteiger partial charge in [0, 0.05) is 22.2 Å². The molecule has 3 rings (SSSR count). The molecule has 0 saturated heterocycles. The molecule has 0 heterocycles. The smallest absolute Gasteiger partial charge is 0.287 e. The zero-order chi connectivity index (χ0) is 23.1. The van der Waals surface area contributed by atoms with E-state index in [0.29, 0.717) is 27.4 Å². The van der Waals surface area contributed by atoms with Gasteiger partial charge >= 0.3 is 0 Å². The number of benzene rings is 3. The predicted octanol–water partition coefficient (Wildman–Crippen LogP) is 4.06. The monoisotopic (exact) mass is 449 g/mol. The van der Waals surface area contributed by atoms with Gasteiger partial charge in [-0.1, -0.05) is 41.9 Å². The fraction of sp³-hybridized carbons (Fsp3) is 0.0417. The van der Waals surface area contributed by atoms with E-state index in [1.165, 1.54) is 24.3 Å². The first kappa shape index (κ1) is 22.6. The number of amides is 2. The van der Waals surface area contributed by atoms with Crippen LogP contribution in [0.15, 0.2) is 83.6 Å². The first-order valence-electron chi connectivity index (χ1n) is 9.54. The van der Waals surface area contributed by atoms with Gasteiger partial charge in [0.25, 0.3) is 11.8 Å². The van der Waals surface area contributed by atoms with Crippen molar-refractivity contribution in [1.82, 2.24) is 10.7 Å². The van der Waals surface area contributed by atoms with Gasteiger partial charge in [-0.25, -0.2) is 5.43 Å². The van der Waals surface area contributed by atoms with Crippen molar-refractivity contribution in [2.75, 3.05) is 0 Å². The highest BCUT2D eigenvalue weighted by Gasteiger charge is 2.15. The summed E-state index contributed by atoms with van der Waals surface area (Å²) in [6.45, 7) is 1.58. The Hall–Kier alpha value is -4.10. The van der Waals surface area contributed by atoms with Crippen molar-refractivity contribution < 1.29 is 19.8 Å². The van der Waals surface area contributed by atoms with Crippen LogP contribution in [0.3, 0.4) is 0 Å². The van der Waals surface area contributed by atoms with E-state index in [2.05, 4.69) is 15.8 Å². The lowest BCUT2D eigenvalue weighted by Gasteiger charge is -2.10. The number of nitrogens with one attached hydrogen (secondary N) is 2. The number of rotatable bonds is 6. The number of hydrogen-bond acceptors (Lipinski definition) is 5. The molecule has 0 unspecified atom stereocenters. The van der Waals surface area contributed by atoms with Crippen LogP contribution in [-0.4, -0.2) is 27.7 Å². The van der Waals surface area contributed by atoms with Gasteiger partial charge in [-0.2, -0.15) is 5.10 Å². The SMILES string of the molecule is CC(=NNC(=O)C(=Cc1ccc(Cl)cc1)NC(=O)c1ccccc1)c1ccc(O)cc1O. The maximum atomic E-state index is 12.8. The van der Waals surface area contributed by atoms with Crippen molar-refractivity contribution in [3.05, 3.63) is 100 Å². The van der Waals surface area contributed by atoms with Crippen LogP contribution in [0.4, 0.5) is 0 Å². The third kappa shape index (κ3) is 5.96. The number of carbonyl (C=O) groups excluding carboxylic acids is 2. The van der Waals surface area contributed by atoms with E-state index in [0.717, 1.165) is 0 Å². The Labute approximate surface area is 189 Å². The molecule has 3 aromatic rings. The topological polar surface area (TPSA) is 111 Å². The molecule has 0 spiro atoms. The van der Waals surface area contributed by atoms with E-state index < -0.39 is 11.8 Å². The highest BCUT2D eigenvalue weighted by Crippen LogP contribution is 2.23. The quantitative estimate of drug-likeness (QED) is 0.258. The molecule has 2 amide bonds. The van der Waals surface area contributed by atoms with Gasteiger partial charge in [0.2, 0.25) is 0 Å². The van der Waals surface area contributed by atoms with Gasteiger partial charge in [0.05, 0.1) is 5.71 Å². The molecule has 0 aromatic heterocycles. The van der Waals surface area contributed by atoms with Crippen LogP contribution in [-0.2, 0) is 4.79 Å². The minimum absolute atomic E-state index is 0.0346. The molecular formula is C24H20ClN3O4. The van der Waals surface area contributed by atoms with Crippen LogP contribution in [0.25, 0.3) is 6.08 Å². The molecule has 8 heteroatoms. The third-order valence-electron chi connectivity index (χ3n) is 4.41. The lowest BCUT2D eigenvalue weighted by Crippen LogP contribution is -2.33. The van der Waals surface area contributed by atoms with Crippen LogP contribution in [0, 0.1) is 0 Å². The molecule has 0 aliphatic rings. The van der Waals surface area contributed by atoms with Crippen LogP contribution >= 0.6 is 11.6 Å². The average Bonchev–Trinajstić information content (AvgIpc) is 2.78. The molecule has 3 aromatic carbocycles. The number of phenolic OH excluding ortho intramolecular Hbond substituents is 2. The maximum absolute atomic E-state index is 12.8. The van der Waals surface area contributed by atoms with E-state index in [-0.39, 0.29) is 17.2 Å². The molecular weight excluding hydrogens is 430 g/mol. The van der Waals surface area contributed by atoms with Crippen molar-refractivity contribution >= 4 is 35.2 Å². The molecule has 0 aliphatic heterocycles. The highest BCUT2D eigenvalue weighted by atomic mass is 35.5. The van der Waals surface area contributed by atoms with Gasteiger partial charge in [0.1, 0.15) is 17.2 Å². The van der Waals surface area contributed by atoms with E-state index in [9.17, 15) is 19.8 Å². The molecule has 0 radical (unpaired) electrons. The Balaban J connectivity index is 1.85. The molecule has 0 fully saturated rings. The maximum Gasteiger partial charge on any atom is 0.287 e. The molecule has 0 bridgehead atoms. The largest absolute Gasteiger partial charge is 0.508 e. The molecule has 162 valence electrons. The molecule has 4 N–H and O–H groups in total. The minimum atomic E-state index is -0.665. The van der Waals surface area contributed by atoms with E-state index in [1.807, 2.05) is 0 Å². The van der Waals surface area contributed by atoms with Crippen molar-refractivity contribution in [2.45, 2.75) is 6.92 Å². The van der Waals surface area contributed by atoms with Gasteiger partial charge < -0.3 is 15.5 Å². The second-order valence-electron chi connectivity index (χ2n) is 6.77. The summed E-state index contributed by atoms with van der Waals surface area (Å²) < 4.78 is 0. The van der Waals surface area contributed by atoms with Crippen LogP contribution in [0.2, 0.25) is 5.02 Å². The third-order valence-corrected chi connectivity index (χ3v) is 4.66. The minimum Gasteiger partial charge on any atom is -0.508 e. The lowest BCUT2D eigenvalue weighted by molar-refractivity contribution is -0.117. The Morgan fingerprint density at radius 1 is 0.969 bits per heavy atom. The van der Waals surface area contributed by atoms with Crippen molar-refractivity contribution in [2.24, 2.45) is 5.10 Å². The number of aromatic hydroxyl groups is 2. The first-order valence-corrected chi connectivity index (χ1v) is 9.92. The summed E-state index contributed by atoms with van der Waals surface area (Å²) in [5.74, 6) is -1.41. The van der Waals surface area contributed by atoms with Crippen LogP contribution < -0.4 is 10.7 Å². The zero-order valence-corrected chi connectivity index (χ0v) is 17.8. The fourth-order valence-corrected chi connectivity index (χ4v) is 2.88. The summed E-state index contributed by atoms with van der Waals surface area (Å²) in [5, 5.41) is 26.5. The summed E-state index contributed by atoms with van der Waals surface area (Å²) >= 11 is 5.92. The Morgan fingerprint density at radius 2 is 1.66 bits per heavy atom. The summed E-state index contributed by atoms with van der Waals surface area (Å²) in [4.78, 5) is 25.4. The van der Waals surface area contributed by atoms with Gasteiger partial charge in [-0.05, 0) is 55.0 Å². The second-order valence-corrected chi connectivity index (χ2v) is 7.21. The summed E-state index contributed by atoms with van der Waals surface area (Å²) in [6, 6.07) is 19.2. The molecule has 0 atom stereocenters. The van der Waals surface area contributed by atoms with Crippen LogP contribution in [0.1, 0.15) is 28.4 Å². The molecule has 7 nitrogen and oxygen atoms in total. The van der Waals surface area contributed by atoms with Crippen molar-refractivity contribution in [1.29, 1.82) is 0 Å². The highest BCUT2D eigenvalue weighted by molar-refractivity contribution is 6.30. The molecule has 0 saturated carbocycles. The van der Waals surface area contributed by atoms with E-state index >= 15 is 0 Å². The standard InChI is InChI=1S/C24H20ClN3O4/c1-15(20-12-11-19(29)14-22(20)30)27-28-24(32)21(13-16-7-9-18(25)10-8-16)26-23(31)17-5-3-2-4-6-17/h2-14,29-30H,1H3,(H,26,31)(H,28,32). The first-order chi connectivity index (χ1) is 15.3. The van der Waals surface area contributed by atoms with E-state index in [1.54, 1.807) is 61.5 Å². The molecule has 32 heavy (non-hydrogen) atoms. The summed E-state index contributed by atoms with van der Waals surface area (Å²) in [6.07, 6.45) is 1.50. The van der Waals surface area contributed by atoms with Crippen molar-refractivity contribution in [3.63, 3.8) is 0 Å².